The number of nitro groups is 1. The van der Waals surface area contributed by atoms with Gasteiger partial charge in [-0.15, -0.1) is 0 Å². The molecule has 0 saturated carbocycles. The molecule has 0 N–H and O–H groups in total. The van der Waals surface area contributed by atoms with Crippen molar-refractivity contribution in [2.75, 3.05) is 24.8 Å². The summed E-state index contributed by atoms with van der Waals surface area (Å²) in [5, 5.41) is 27.0. The van der Waals surface area contributed by atoms with Crippen LogP contribution in [0.1, 0.15) is 48.9 Å². The monoisotopic (exact) mass is 449 g/mol. The molecule has 2 heterocycles. The van der Waals surface area contributed by atoms with Crippen LogP contribution in [0.15, 0.2) is 42.5 Å². The average Bonchev–Trinajstić information content (AvgIpc) is 3.19. The standard InChI is InChI=1S/C21H15N5O7/c27-19-16-10-14(25(30)31)6-7-15(16)20(28)18-17(19)22-26(32)24(18)21(29)12-2-4-13(5-3-12)23-8-1-9-33-11-23/h2-7,10H,1,8-9,11H2. The molecule has 0 unspecified atom stereocenters. The summed E-state index contributed by atoms with van der Waals surface area (Å²) in [6.07, 6.45) is 0.874. The summed E-state index contributed by atoms with van der Waals surface area (Å²) in [6, 6.07) is 9.56. The first-order chi connectivity index (χ1) is 15.9. The van der Waals surface area contributed by atoms with Gasteiger partial charge in [-0.2, -0.15) is 0 Å². The van der Waals surface area contributed by atoms with Crippen LogP contribution < -0.4 is 9.86 Å². The fourth-order valence-corrected chi connectivity index (χ4v) is 3.92. The summed E-state index contributed by atoms with van der Waals surface area (Å²) in [5.74, 6) is -2.49. The fraction of sp³-hybridized carbons (Fsp3) is 0.190. The second-order valence-electron chi connectivity index (χ2n) is 7.51. The maximum atomic E-state index is 13.1. The largest absolute Gasteiger partial charge is 0.570 e. The molecule has 33 heavy (non-hydrogen) atoms. The second-order valence-corrected chi connectivity index (χ2v) is 7.51. The van der Waals surface area contributed by atoms with E-state index in [9.17, 15) is 29.7 Å². The number of aromatic nitrogens is 3. The van der Waals surface area contributed by atoms with Crippen molar-refractivity contribution in [2.45, 2.75) is 6.42 Å². The molecule has 0 spiro atoms. The van der Waals surface area contributed by atoms with Crippen molar-refractivity contribution in [1.82, 2.24) is 9.78 Å². The van der Waals surface area contributed by atoms with Crippen LogP contribution in [0.3, 0.4) is 0 Å². The molecular weight excluding hydrogens is 434 g/mol. The first-order valence-corrected chi connectivity index (χ1v) is 9.95. The van der Waals surface area contributed by atoms with Gasteiger partial charge in [0.15, 0.2) is 5.69 Å². The SMILES string of the molecule is O=C1c2cc([N+](=O)[O-])ccc2C(=O)c2c1n[n+]([O-])n2C(=O)c1ccc(N2CCCOC2)cc1. The summed E-state index contributed by atoms with van der Waals surface area (Å²) >= 11 is 0. The number of nitrogens with zero attached hydrogens (tertiary/aromatic N) is 5. The second kappa shape index (κ2) is 7.60. The van der Waals surface area contributed by atoms with E-state index in [-0.39, 0.29) is 27.3 Å². The highest BCUT2D eigenvalue weighted by atomic mass is 16.6. The third kappa shape index (κ3) is 3.24. The maximum absolute atomic E-state index is 13.1. The lowest BCUT2D eigenvalue weighted by Crippen LogP contribution is -2.45. The van der Waals surface area contributed by atoms with Crippen LogP contribution >= 0.6 is 0 Å². The van der Waals surface area contributed by atoms with Crippen LogP contribution in [-0.2, 0) is 4.74 Å². The lowest BCUT2D eigenvalue weighted by Gasteiger charge is -2.28. The molecule has 2 aliphatic rings. The molecule has 0 radical (unpaired) electrons. The van der Waals surface area contributed by atoms with E-state index in [1.54, 1.807) is 12.1 Å². The number of anilines is 1. The molecule has 1 fully saturated rings. The highest BCUT2D eigenvalue weighted by Gasteiger charge is 2.42. The van der Waals surface area contributed by atoms with E-state index in [2.05, 4.69) is 5.10 Å². The molecule has 2 aromatic carbocycles. The number of rotatable bonds is 3. The van der Waals surface area contributed by atoms with Gasteiger partial charge in [0, 0.05) is 46.2 Å². The molecule has 0 bridgehead atoms. The van der Waals surface area contributed by atoms with E-state index < -0.39 is 33.8 Å². The van der Waals surface area contributed by atoms with Crippen LogP contribution in [0.2, 0.25) is 0 Å². The molecule has 0 amide bonds. The summed E-state index contributed by atoms with van der Waals surface area (Å²) in [7, 11) is 0. The lowest BCUT2D eigenvalue weighted by atomic mass is 9.89. The molecule has 0 atom stereocenters. The van der Waals surface area contributed by atoms with Gasteiger partial charge in [-0.1, -0.05) is 0 Å². The van der Waals surface area contributed by atoms with Crippen LogP contribution in [0.25, 0.3) is 0 Å². The van der Waals surface area contributed by atoms with E-state index >= 15 is 0 Å². The molecule has 1 aliphatic carbocycles. The summed E-state index contributed by atoms with van der Waals surface area (Å²) in [4.78, 5) is 51.2. The van der Waals surface area contributed by atoms with Gasteiger partial charge in [-0.3, -0.25) is 24.5 Å². The number of nitro benzene ring substituents is 1. The van der Waals surface area contributed by atoms with Crippen LogP contribution in [0.5, 0.6) is 0 Å². The van der Waals surface area contributed by atoms with Gasteiger partial charge in [0.2, 0.25) is 17.3 Å². The number of hydrogen-bond acceptors (Lipinski definition) is 9. The van der Waals surface area contributed by atoms with Gasteiger partial charge in [0.25, 0.3) is 5.69 Å². The number of non-ortho nitro benzene ring substituents is 1. The van der Waals surface area contributed by atoms with Crippen LogP contribution in [0.4, 0.5) is 11.4 Å². The van der Waals surface area contributed by atoms with E-state index in [4.69, 9.17) is 4.74 Å². The first-order valence-electron chi connectivity index (χ1n) is 9.95. The maximum Gasteiger partial charge on any atom is 0.318 e. The van der Waals surface area contributed by atoms with Gasteiger partial charge in [-0.25, -0.2) is 0 Å². The number of ketones is 2. The molecule has 5 rings (SSSR count). The van der Waals surface area contributed by atoms with Crippen molar-refractivity contribution in [1.29, 1.82) is 0 Å². The Morgan fingerprint density at radius 3 is 2.52 bits per heavy atom. The Kier molecular flexibility index (Phi) is 4.71. The van der Waals surface area contributed by atoms with Gasteiger partial charge in [-0.05, 0) is 41.4 Å². The van der Waals surface area contributed by atoms with Gasteiger partial charge < -0.3 is 14.8 Å². The predicted octanol–water partition coefficient (Wildman–Crippen LogP) is 1.07. The molecule has 3 aromatic rings. The number of benzene rings is 2. The van der Waals surface area contributed by atoms with E-state index in [0.29, 0.717) is 18.0 Å². The normalized spacial score (nSPS) is 15.2. The summed E-state index contributed by atoms with van der Waals surface area (Å²) in [6.45, 7) is 1.92. The Balaban J connectivity index is 1.52. The highest BCUT2D eigenvalue weighted by Crippen LogP contribution is 2.29. The average molecular weight is 449 g/mol. The molecule has 166 valence electrons. The quantitative estimate of drug-likeness (QED) is 0.193. The number of carbonyl (C=O) groups excluding carboxylic acids is 3. The molecular formula is C21H15N5O7. The molecule has 1 saturated heterocycles. The van der Waals surface area contributed by atoms with Gasteiger partial charge in [0.05, 0.1) is 16.5 Å². The highest BCUT2D eigenvalue weighted by molar-refractivity contribution is 6.28. The zero-order chi connectivity index (χ0) is 23.3. The van der Waals surface area contributed by atoms with Crippen LogP contribution in [-0.4, -0.2) is 52.1 Å². The zero-order valence-corrected chi connectivity index (χ0v) is 17.0. The van der Waals surface area contributed by atoms with Gasteiger partial charge >= 0.3 is 5.91 Å². The Bertz CT molecular complexity index is 1340. The van der Waals surface area contributed by atoms with Gasteiger partial charge in [0.1, 0.15) is 6.73 Å². The smallest absolute Gasteiger partial charge is 0.318 e. The predicted molar refractivity (Wildman–Crippen MR) is 110 cm³/mol. The molecule has 12 nitrogen and oxygen atoms in total. The molecule has 1 aromatic heterocycles. The number of ether oxygens (including phenoxy) is 1. The molecule has 12 heteroatoms. The van der Waals surface area contributed by atoms with E-state index in [0.717, 1.165) is 36.9 Å². The molecule has 1 aliphatic heterocycles. The number of carbonyl (C=O) groups is 3. The van der Waals surface area contributed by atoms with Crippen molar-refractivity contribution in [3.05, 3.63) is 85.9 Å². The number of fused-ring (bicyclic) bond motifs is 2. The van der Waals surface area contributed by atoms with Crippen molar-refractivity contribution in [3.63, 3.8) is 0 Å². The Morgan fingerprint density at radius 2 is 1.85 bits per heavy atom. The first kappa shape index (κ1) is 20.5. The minimum Gasteiger partial charge on any atom is -0.570 e. The Labute approximate surface area is 185 Å². The summed E-state index contributed by atoms with van der Waals surface area (Å²) < 4.78 is 5.92. The number of hydrogen-bond donors (Lipinski definition) is 0. The van der Waals surface area contributed by atoms with Crippen LogP contribution in [0, 0.1) is 15.3 Å². The van der Waals surface area contributed by atoms with E-state index in [1.165, 1.54) is 12.1 Å². The topological polar surface area (TPSA) is 152 Å². The third-order valence-corrected chi connectivity index (χ3v) is 5.56. The van der Waals surface area contributed by atoms with Crippen molar-refractivity contribution >= 4 is 28.8 Å². The Hall–Kier alpha value is -4.45. The van der Waals surface area contributed by atoms with Crippen molar-refractivity contribution < 1.29 is 29.0 Å². The van der Waals surface area contributed by atoms with E-state index in [1.807, 2.05) is 4.90 Å². The summed E-state index contributed by atoms with van der Waals surface area (Å²) in [5.41, 5.74) is -0.844. The van der Waals surface area contributed by atoms with Crippen molar-refractivity contribution in [3.8, 4) is 0 Å². The third-order valence-electron chi connectivity index (χ3n) is 5.56. The van der Waals surface area contributed by atoms with Crippen molar-refractivity contribution in [2.24, 2.45) is 0 Å². The lowest BCUT2D eigenvalue weighted by molar-refractivity contribution is -0.737. The Morgan fingerprint density at radius 1 is 1.09 bits per heavy atom. The fourth-order valence-electron chi connectivity index (χ4n) is 3.92. The minimum absolute atomic E-state index is 0.108. The zero-order valence-electron chi connectivity index (χ0n) is 17.0. The minimum atomic E-state index is -0.847.